The van der Waals surface area contributed by atoms with E-state index in [1.54, 1.807) is 17.0 Å². The molecule has 1 unspecified atom stereocenters. The van der Waals surface area contributed by atoms with Crippen molar-refractivity contribution in [2.45, 2.75) is 19.3 Å². The summed E-state index contributed by atoms with van der Waals surface area (Å²) in [6.45, 7) is 1.29. The lowest BCUT2D eigenvalue weighted by Gasteiger charge is -2.22. The van der Waals surface area contributed by atoms with Crippen LogP contribution in [0, 0.1) is 5.92 Å². The number of hydrogen-bond acceptors (Lipinski definition) is 3. The SMILES string of the molecule is O=C(O)C1CCN(C(=O)Nc2ccccc2N2CCCC2=O)C1. The summed E-state index contributed by atoms with van der Waals surface area (Å²) in [5.74, 6) is -1.32. The first kappa shape index (κ1) is 15.3. The Morgan fingerprint density at radius 1 is 1.22 bits per heavy atom. The predicted octanol–water partition coefficient (Wildman–Crippen LogP) is 1.75. The molecule has 1 aromatic rings. The van der Waals surface area contributed by atoms with Crippen LogP contribution < -0.4 is 10.2 Å². The van der Waals surface area contributed by atoms with Gasteiger partial charge in [-0.3, -0.25) is 9.59 Å². The summed E-state index contributed by atoms with van der Waals surface area (Å²) in [4.78, 5) is 38.4. The predicted molar refractivity (Wildman–Crippen MR) is 84.4 cm³/mol. The number of nitrogens with zero attached hydrogens (tertiary/aromatic N) is 2. The van der Waals surface area contributed by atoms with E-state index < -0.39 is 11.9 Å². The van der Waals surface area contributed by atoms with Crippen LogP contribution in [0.4, 0.5) is 16.2 Å². The van der Waals surface area contributed by atoms with Crippen molar-refractivity contribution in [1.82, 2.24) is 4.90 Å². The summed E-state index contributed by atoms with van der Waals surface area (Å²) >= 11 is 0. The van der Waals surface area contributed by atoms with E-state index in [-0.39, 0.29) is 18.5 Å². The van der Waals surface area contributed by atoms with E-state index >= 15 is 0 Å². The molecule has 23 heavy (non-hydrogen) atoms. The van der Waals surface area contributed by atoms with Crippen molar-refractivity contribution in [3.05, 3.63) is 24.3 Å². The third-order valence-corrected chi connectivity index (χ3v) is 4.33. The number of likely N-dealkylation sites (tertiary alicyclic amines) is 1. The van der Waals surface area contributed by atoms with Crippen LogP contribution in [-0.4, -0.2) is 47.5 Å². The highest BCUT2D eigenvalue weighted by atomic mass is 16.4. The van der Waals surface area contributed by atoms with Gasteiger partial charge in [0.2, 0.25) is 5.91 Å². The number of carbonyl (C=O) groups excluding carboxylic acids is 2. The number of rotatable bonds is 3. The zero-order valence-electron chi connectivity index (χ0n) is 12.7. The van der Waals surface area contributed by atoms with Gasteiger partial charge in [-0.05, 0) is 25.0 Å². The Hall–Kier alpha value is -2.57. The molecule has 7 heteroatoms. The van der Waals surface area contributed by atoms with Crippen LogP contribution in [0.25, 0.3) is 0 Å². The minimum Gasteiger partial charge on any atom is -0.481 e. The van der Waals surface area contributed by atoms with Crippen LogP contribution in [0.2, 0.25) is 0 Å². The minimum atomic E-state index is -0.872. The summed E-state index contributed by atoms with van der Waals surface area (Å²) < 4.78 is 0. The molecule has 0 bridgehead atoms. The minimum absolute atomic E-state index is 0.0545. The van der Waals surface area contributed by atoms with Gasteiger partial charge in [-0.1, -0.05) is 12.1 Å². The van der Waals surface area contributed by atoms with Crippen molar-refractivity contribution in [3.63, 3.8) is 0 Å². The van der Waals surface area contributed by atoms with Crippen LogP contribution in [0.1, 0.15) is 19.3 Å². The van der Waals surface area contributed by atoms with Crippen molar-refractivity contribution in [1.29, 1.82) is 0 Å². The smallest absolute Gasteiger partial charge is 0.321 e. The van der Waals surface area contributed by atoms with E-state index in [4.69, 9.17) is 5.11 Å². The topological polar surface area (TPSA) is 89.9 Å². The molecule has 1 aromatic carbocycles. The highest BCUT2D eigenvalue weighted by Gasteiger charge is 2.31. The van der Waals surface area contributed by atoms with E-state index in [9.17, 15) is 14.4 Å². The summed E-state index contributed by atoms with van der Waals surface area (Å²) in [5, 5.41) is 11.8. The molecule has 2 aliphatic heterocycles. The Labute approximate surface area is 133 Å². The number of carboxylic acids is 1. The molecule has 0 saturated carbocycles. The fraction of sp³-hybridized carbons (Fsp3) is 0.438. The molecule has 0 aliphatic carbocycles. The quantitative estimate of drug-likeness (QED) is 0.888. The van der Waals surface area contributed by atoms with Crippen LogP contribution in [0.15, 0.2) is 24.3 Å². The number of nitrogens with one attached hydrogen (secondary N) is 1. The van der Waals surface area contributed by atoms with Gasteiger partial charge >= 0.3 is 12.0 Å². The lowest BCUT2D eigenvalue weighted by molar-refractivity contribution is -0.141. The Balaban J connectivity index is 1.72. The average Bonchev–Trinajstić information content (AvgIpc) is 3.17. The standard InChI is InChI=1S/C16H19N3O4/c20-14-6-3-8-19(14)13-5-2-1-4-12(13)17-16(23)18-9-7-11(10-18)15(21)22/h1-2,4-5,11H,3,6-10H2,(H,17,23)(H,21,22). The van der Waals surface area contributed by atoms with E-state index in [1.165, 1.54) is 4.90 Å². The van der Waals surface area contributed by atoms with Gasteiger partial charge in [0.1, 0.15) is 0 Å². The summed E-state index contributed by atoms with van der Waals surface area (Å²) in [6.07, 6.45) is 1.80. The third kappa shape index (κ3) is 3.13. The molecule has 2 aliphatic rings. The molecule has 2 saturated heterocycles. The molecule has 3 amide bonds. The van der Waals surface area contributed by atoms with Gasteiger partial charge in [0.15, 0.2) is 0 Å². The van der Waals surface area contributed by atoms with Crippen LogP contribution in [0.5, 0.6) is 0 Å². The number of hydrogen-bond donors (Lipinski definition) is 2. The number of amides is 3. The van der Waals surface area contributed by atoms with E-state index in [2.05, 4.69) is 5.32 Å². The molecule has 7 nitrogen and oxygen atoms in total. The average molecular weight is 317 g/mol. The van der Waals surface area contributed by atoms with E-state index in [1.807, 2.05) is 12.1 Å². The molecular weight excluding hydrogens is 298 g/mol. The van der Waals surface area contributed by atoms with Crippen LogP contribution in [-0.2, 0) is 9.59 Å². The molecule has 122 valence electrons. The summed E-state index contributed by atoms with van der Waals surface area (Å²) in [5.41, 5.74) is 1.27. The highest BCUT2D eigenvalue weighted by Crippen LogP contribution is 2.30. The molecule has 1 atom stereocenters. The maximum Gasteiger partial charge on any atom is 0.321 e. The molecule has 0 radical (unpaired) electrons. The Morgan fingerprint density at radius 2 is 2.00 bits per heavy atom. The highest BCUT2D eigenvalue weighted by molar-refractivity contribution is 6.01. The number of para-hydroxylation sites is 2. The zero-order valence-corrected chi connectivity index (χ0v) is 12.7. The third-order valence-electron chi connectivity index (χ3n) is 4.33. The second-order valence-corrected chi connectivity index (χ2v) is 5.87. The lowest BCUT2D eigenvalue weighted by Crippen LogP contribution is -2.34. The van der Waals surface area contributed by atoms with Gasteiger partial charge in [0, 0.05) is 26.1 Å². The van der Waals surface area contributed by atoms with Crippen LogP contribution >= 0.6 is 0 Å². The molecule has 0 spiro atoms. The number of anilines is 2. The molecular formula is C16H19N3O4. The normalized spacial score (nSPS) is 20.9. The summed E-state index contributed by atoms with van der Waals surface area (Å²) in [7, 11) is 0. The Morgan fingerprint density at radius 3 is 2.65 bits per heavy atom. The lowest BCUT2D eigenvalue weighted by atomic mass is 10.1. The maximum atomic E-state index is 12.3. The van der Waals surface area contributed by atoms with Gasteiger partial charge < -0.3 is 20.2 Å². The molecule has 2 heterocycles. The monoisotopic (exact) mass is 317 g/mol. The molecule has 3 rings (SSSR count). The Kier molecular flexibility index (Phi) is 4.18. The molecule has 2 N–H and O–H groups in total. The van der Waals surface area contributed by atoms with Gasteiger partial charge in [0.25, 0.3) is 0 Å². The number of carboxylic acid groups (broad SMARTS) is 1. The maximum absolute atomic E-state index is 12.3. The number of urea groups is 1. The van der Waals surface area contributed by atoms with E-state index in [0.29, 0.717) is 37.3 Å². The second-order valence-electron chi connectivity index (χ2n) is 5.87. The van der Waals surface area contributed by atoms with Crippen molar-refractivity contribution < 1.29 is 19.5 Å². The number of benzene rings is 1. The largest absolute Gasteiger partial charge is 0.481 e. The number of carbonyl (C=O) groups is 3. The van der Waals surface area contributed by atoms with Crippen LogP contribution in [0.3, 0.4) is 0 Å². The van der Waals surface area contributed by atoms with Gasteiger partial charge in [-0.15, -0.1) is 0 Å². The van der Waals surface area contributed by atoms with E-state index in [0.717, 1.165) is 6.42 Å². The fourth-order valence-corrected chi connectivity index (χ4v) is 3.06. The zero-order chi connectivity index (χ0) is 16.4. The van der Waals surface area contributed by atoms with Gasteiger partial charge in [0.05, 0.1) is 17.3 Å². The fourth-order valence-electron chi connectivity index (χ4n) is 3.06. The first-order chi connectivity index (χ1) is 11.1. The molecule has 0 aromatic heterocycles. The van der Waals surface area contributed by atoms with Gasteiger partial charge in [-0.2, -0.15) is 0 Å². The van der Waals surface area contributed by atoms with Gasteiger partial charge in [-0.25, -0.2) is 4.79 Å². The number of aliphatic carboxylic acids is 1. The second kappa shape index (κ2) is 6.28. The van der Waals surface area contributed by atoms with Crippen molar-refractivity contribution in [3.8, 4) is 0 Å². The first-order valence-corrected chi connectivity index (χ1v) is 7.74. The van der Waals surface area contributed by atoms with Crippen molar-refractivity contribution in [2.24, 2.45) is 5.92 Å². The summed E-state index contributed by atoms with van der Waals surface area (Å²) in [6, 6.07) is 6.86. The van der Waals surface area contributed by atoms with Crippen molar-refractivity contribution >= 4 is 29.3 Å². The first-order valence-electron chi connectivity index (χ1n) is 7.74. The van der Waals surface area contributed by atoms with Crippen molar-refractivity contribution in [2.75, 3.05) is 29.9 Å². The Bertz CT molecular complexity index is 646. The molecule has 2 fully saturated rings.